The predicted molar refractivity (Wildman–Crippen MR) is 98.1 cm³/mol. The first kappa shape index (κ1) is 16.7. The summed E-state index contributed by atoms with van der Waals surface area (Å²) in [5.41, 5.74) is 1.37. The number of amides is 1. The maximum Gasteiger partial charge on any atom is 0.239 e. The van der Waals surface area contributed by atoms with Gasteiger partial charge in [-0.05, 0) is 24.8 Å². The molecule has 7 nitrogen and oxygen atoms in total. The minimum absolute atomic E-state index is 0.0478. The maximum absolute atomic E-state index is 11.7. The molecular formula is C17H23N5O2S. The van der Waals surface area contributed by atoms with Crippen LogP contribution in [0.5, 0.6) is 0 Å². The zero-order valence-corrected chi connectivity index (χ0v) is 15.2. The molecule has 3 heterocycles. The molecule has 1 aliphatic carbocycles. The van der Waals surface area contributed by atoms with E-state index in [2.05, 4.69) is 15.5 Å². The molecule has 134 valence electrons. The van der Waals surface area contributed by atoms with Gasteiger partial charge in [0.2, 0.25) is 5.91 Å². The third-order valence-electron chi connectivity index (χ3n) is 4.77. The number of hydrogen-bond donors (Lipinski definition) is 2. The molecule has 8 heteroatoms. The van der Waals surface area contributed by atoms with Crippen LogP contribution in [0.3, 0.4) is 0 Å². The van der Waals surface area contributed by atoms with Crippen LogP contribution in [0.1, 0.15) is 22.7 Å². The Labute approximate surface area is 150 Å². The fourth-order valence-electron chi connectivity index (χ4n) is 3.45. The van der Waals surface area contributed by atoms with Gasteiger partial charge in [-0.3, -0.25) is 9.69 Å². The molecule has 0 unspecified atom stereocenters. The lowest BCUT2D eigenvalue weighted by Crippen LogP contribution is -2.36. The van der Waals surface area contributed by atoms with Crippen molar-refractivity contribution in [2.24, 2.45) is 0 Å². The van der Waals surface area contributed by atoms with E-state index in [9.17, 15) is 4.79 Å². The van der Waals surface area contributed by atoms with Crippen LogP contribution in [0.2, 0.25) is 0 Å². The molecule has 2 aromatic heterocycles. The number of rotatable bonds is 5. The molecule has 1 aliphatic heterocycles. The molecule has 1 fully saturated rings. The molecule has 1 amide bonds. The summed E-state index contributed by atoms with van der Waals surface area (Å²) in [6.07, 6.45) is 3.40. The fourth-order valence-corrected chi connectivity index (χ4v) is 4.73. The molecule has 0 atom stereocenters. The Morgan fingerprint density at radius 2 is 2.12 bits per heavy atom. The van der Waals surface area contributed by atoms with Gasteiger partial charge in [0.05, 0.1) is 31.7 Å². The highest BCUT2D eigenvalue weighted by Gasteiger charge is 2.23. The van der Waals surface area contributed by atoms with Crippen molar-refractivity contribution in [2.75, 3.05) is 45.2 Å². The number of morpholine rings is 1. The third kappa shape index (κ3) is 3.47. The Balaban J connectivity index is 1.66. The van der Waals surface area contributed by atoms with Crippen molar-refractivity contribution in [3.63, 3.8) is 0 Å². The Hall–Kier alpha value is -1.77. The van der Waals surface area contributed by atoms with Gasteiger partial charge in [-0.2, -0.15) is 0 Å². The van der Waals surface area contributed by atoms with Crippen LogP contribution in [-0.2, 0) is 28.9 Å². The number of thiophene rings is 1. The predicted octanol–water partition coefficient (Wildman–Crippen LogP) is 1.17. The molecule has 0 radical (unpaired) electrons. The van der Waals surface area contributed by atoms with Gasteiger partial charge in [0, 0.05) is 25.0 Å². The smallest absolute Gasteiger partial charge is 0.239 e. The van der Waals surface area contributed by atoms with Crippen molar-refractivity contribution in [1.29, 1.82) is 0 Å². The largest absolute Gasteiger partial charge is 0.379 e. The minimum Gasteiger partial charge on any atom is -0.379 e. The van der Waals surface area contributed by atoms with Crippen LogP contribution >= 0.6 is 11.3 Å². The number of ether oxygens (including phenoxy) is 1. The molecule has 2 aromatic rings. The van der Waals surface area contributed by atoms with Crippen molar-refractivity contribution < 1.29 is 9.53 Å². The van der Waals surface area contributed by atoms with Crippen LogP contribution in [0.15, 0.2) is 0 Å². The number of aryl methyl sites for hydroxylation is 2. The Kier molecular flexibility index (Phi) is 4.82. The van der Waals surface area contributed by atoms with Crippen molar-refractivity contribution >= 4 is 33.3 Å². The van der Waals surface area contributed by atoms with E-state index in [4.69, 9.17) is 14.7 Å². The second-order valence-corrected chi connectivity index (χ2v) is 7.52. The summed E-state index contributed by atoms with van der Waals surface area (Å²) in [7, 11) is 1.64. The van der Waals surface area contributed by atoms with Gasteiger partial charge in [-0.15, -0.1) is 11.3 Å². The first-order valence-corrected chi connectivity index (χ1v) is 9.62. The van der Waals surface area contributed by atoms with E-state index in [-0.39, 0.29) is 12.5 Å². The summed E-state index contributed by atoms with van der Waals surface area (Å²) in [5.74, 6) is 1.57. The van der Waals surface area contributed by atoms with E-state index < -0.39 is 0 Å². The molecule has 1 saturated heterocycles. The molecule has 0 bridgehead atoms. The lowest BCUT2D eigenvalue weighted by molar-refractivity contribution is -0.118. The molecule has 2 N–H and O–H groups in total. The van der Waals surface area contributed by atoms with E-state index >= 15 is 0 Å². The van der Waals surface area contributed by atoms with Crippen LogP contribution in [0.25, 0.3) is 10.2 Å². The number of fused-ring (bicyclic) bond motifs is 3. The van der Waals surface area contributed by atoms with Crippen molar-refractivity contribution in [1.82, 2.24) is 20.2 Å². The van der Waals surface area contributed by atoms with Crippen molar-refractivity contribution in [3.05, 3.63) is 16.3 Å². The van der Waals surface area contributed by atoms with E-state index in [1.165, 1.54) is 16.9 Å². The van der Waals surface area contributed by atoms with Crippen LogP contribution in [-0.4, -0.2) is 60.7 Å². The lowest BCUT2D eigenvalue weighted by atomic mass is 10.2. The summed E-state index contributed by atoms with van der Waals surface area (Å²) in [5, 5.41) is 7.00. The standard InChI is InChI=1S/C17H23N5O2S/c1-18-14(23)9-19-16-15-11-3-2-4-12(11)25-17(15)21-13(20-16)10-22-5-7-24-8-6-22/h2-10H2,1H3,(H,18,23)(H,19,20,21). The summed E-state index contributed by atoms with van der Waals surface area (Å²) in [6, 6.07) is 0. The summed E-state index contributed by atoms with van der Waals surface area (Å²) in [4.78, 5) is 26.0. The summed E-state index contributed by atoms with van der Waals surface area (Å²) >= 11 is 1.78. The quantitative estimate of drug-likeness (QED) is 0.832. The first-order valence-electron chi connectivity index (χ1n) is 8.80. The number of carbonyl (C=O) groups excluding carboxylic acids is 1. The fraction of sp³-hybridized carbons (Fsp3) is 0.588. The number of anilines is 1. The summed E-state index contributed by atoms with van der Waals surface area (Å²) in [6.45, 7) is 4.28. The number of hydrogen-bond acceptors (Lipinski definition) is 7. The molecular weight excluding hydrogens is 338 g/mol. The second kappa shape index (κ2) is 7.23. The highest BCUT2D eigenvalue weighted by molar-refractivity contribution is 7.19. The van der Waals surface area contributed by atoms with Gasteiger partial charge in [0.1, 0.15) is 16.5 Å². The number of aromatic nitrogens is 2. The molecule has 0 saturated carbocycles. The number of nitrogens with one attached hydrogen (secondary N) is 2. The first-order chi connectivity index (χ1) is 12.2. The maximum atomic E-state index is 11.7. The van der Waals surface area contributed by atoms with Gasteiger partial charge in [0.25, 0.3) is 0 Å². The number of likely N-dealkylation sites (N-methyl/N-ethyl adjacent to an activating group) is 1. The zero-order valence-electron chi connectivity index (χ0n) is 14.4. The van der Waals surface area contributed by atoms with Gasteiger partial charge in [0.15, 0.2) is 0 Å². The topological polar surface area (TPSA) is 79.4 Å². The lowest BCUT2D eigenvalue weighted by Gasteiger charge is -2.25. The highest BCUT2D eigenvalue weighted by Crippen LogP contribution is 2.39. The van der Waals surface area contributed by atoms with Crippen LogP contribution < -0.4 is 10.6 Å². The van der Waals surface area contributed by atoms with E-state index in [0.29, 0.717) is 0 Å². The van der Waals surface area contributed by atoms with Crippen molar-refractivity contribution in [3.8, 4) is 0 Å². The van der Waals surface area contributed by atoms with E-state index in [1.807, 2.05) is 0 Å². The second-order valence-electron chi connectivity index (χ2n) is 6.44. The molecule has 2 aliphatic rings. The number of carbonyl (C=O) groups is 1. The van der Waals surface area contributed by atoms with Crippen molar-refractivity contribution in [2.45, 2.75) is 25.8 Å². The van der Waals surface area contributed by atoms with E-state index in [0.717, 1.165) is 67.5 Å². The molecule has 25 heavy (non-hydrogen) atoms. The zero-order chi connectivity index (χ0) is 17.2. The third-order valence-corrected chi connectivity index (χ3v) is 5.96. The Morgan fingerprint density at radius 3 is 2.92 bits per heavy atom. The minimum atomic E-state index is -0.0478. The Bertz CT molecular complexity index is 785. The van der Waals surface area contributed by atoms with Gasteiger partial charge in [-0.25, -0.2) is 9.97 Å². The average molecular weight is 361 g/mol. The molecule has 0 aromatic carbocycles. The normalized spacial score (nSPS) is 17.6. The highest BCUT2D eigenvalue weighted by atomic mass is 32.1. The molecule has 0 spiro atoms. The number of nitrogens with zero attached hydrogens (tertiary/aromatic N) is 3. The SMILES string of the molecule is CNC(=O)CNc1nc(CN2CCOCC2)nc2sc3c(c12)CCC3. The van der Waals surface area contributed by atoms with Gasteiger partial charge in [-0.1, -0.05) is 0 Å². The van der Waals surface area contributed by atoms with Crippen LogP contribution in [0.4, 0.5) is 5.82 Å². The van der Waals surface area contributed by atoms with E-state index in [1.54, 1.807) is 18.4 Å². The summed E-state index contributed by atoms with van der Waals surface area (Å²) < 4.78 is 5.41. The molecule has 4 rings (SSSR count). The average Bonchev–Trinajstić information content (AvgIpc) is 3.21. The van der Waals surface area contributed by atoms with Gasteiger partial charge >= 0.3 is 0 Å². The van der Waals surface area contributed by atoms with Crippen LogP contribution in [0, 0.1) is 0 Å². The van der Waals surface area contributed by atoms with Gasteiger partial charge < -0.3 is 15.4 Å². The monoisotopic (exact) mass is 361 g/mol. The Morgan fingerprint density at radius 1 is 1.28 bits per heavy atom.